The standard InChI is InChI=1S/C28H38N2O4Si/c1-28(2,3)35(4,5)34-25(19-12-7-6-9-14-22-15-10-8-11-16-22)27-29-21-26(33-27)23-17-13-18-24(20-23)30(31)32/h8,10-11,13,15-18,20-21,25H,6-7,9,12,14,19H2,1-5H3. The molecule has 188 valence electrons. The first-order chi connectivity index (χ1) is 16.6. The van der Waals surface area contributed by atoms with E-state index in [9.17, 15) is 10.1 Å². The molecule has 0 radical (unpaired) electrons. The van der Waals surface area contributed by atoms with E-state index >= 15 is 0 Å². The summed E-state index contributed by atoms with van der Waals surface area (Å²) in [5, 5.41) is 11.2. The maximum atomic E-state index is 11.2. The predicted octanol–water partition coefficient (Wildman–Crippen LogP) is 8.51. The number of aryl methyl sites for hydroxylation is 1. The number of unbranched alkanes of at least 4 members (excludes halogenated alkanes) is 3. The molecule has 0 spiro atoms. The summed E-state index contributed by atoms with van der Waals surface area (Å²) in [6, 6.07) is 17.1. The number of aromatic nitrogens is 1. The van der Waals surface area contributed by atoms with Crippen LogP contribution in [-0.4, -0.2) is 18.2 Å². The number of nitro benzene ring substituents is 1. The second kappa shape index (κ2) is 11.8. The van der Waals surface area contributed by atoms with Crippen LogP contribution in [0.4, 0.5) is 5.69 Å². The van der Waals surface area contributed by atoms with Gasteiger partial charge in [0.05, 0.1) is 11.1 Å². The summed E-state index contributed by atoms with van der Waals surface area (Å²) >= 11 is 0. The van der Waals surface area contributed by atoms with Gasteiger partial charge in [-0.3, -0.25) is 10.1 Å². The first-order valence-electron chi connectivity index (χ1n) is 12.5. The van der Waals surface area contributed by atoms with E-state index in [2.05, 4.69) is 69.2 Å². The highest BCUT2D eigenvalue weighted by molar-refractivity contribution is 6.74. The van der Waals surface area contributed by atoms with E-state index in [0.29, 0.717) is 17.2 Å². The lowest BCUT2D eigenvalue weighted by Crippen LogP contribution is -2.41. The summed E-state index contributed by atoms with van der Waals surface area (Å²) in [7, 11) is -2.05. The van der Waals surface area contributed by atoms with Gasteiger partial charge in [-0.25, -0.2) is 4.98 Å². The Balaban J connectivity index is 1.67. The number of nitro groups is 1. The van der Waals surface area contributed by atoms with E-state index in [1.165, 1.54) is 30.5 Å². The summed E-state index contributed by atoms with van der Waals surface area (Å²) < 4.78 is 12.9. The van der Waals surface area contributed by atoms with Crippen LogP contribution < -0.4 is 0 Å². The Bertz CT molecular complexity index is 1090. The highest BCUT2D eigenvalue weighted by Crippen LogP contribution is 2.41. The Morgan fingerprint density at radius 1 is 1.03 bits per heavy atom. The fraction of sp³-hybridized carbons (Fsp3) is 0.464. The molecule has 35 heavy (non-hydrogen) atoms. The molecule has 1 heterocycles. The monoisotopic (exact) mass is 494 g/mol. The molecular weight excluding hydrogens is 456 g/mol. The second-order valence-corrected chi connectivity index (χ2v) is 15.4. The molecule has 0 fully saturated rings. The van der Waals surface area contributed by atoms with Crippen molar-refractivity contribution in [3.8, 4) is 11.3 Å². The highest BCUT2D eigenvalue weighted by Gasteiger charge is 2.40. The summed E-state index contributed by atoms with van der Waals surface area (Å²) in [5.74, 6) is 1.08. The van der Waals surface area contributed by atoms with Gasteiger partial charge in [0.25, 0.3) is 5.69 Å². The molecule has 1 atom stereocenters. The number of hydrogen-bond acceptors (Lipinski definition) is 5. The zero-order chi connectivity index (χ0) is 25.5. The number of rotatable bonds is 12. The summed E-state index contributed by atoms with van der Waals surface area (Å²) in [5.41, 5.74) is 2.06. The molecule has 7 heteroatoms. The normalized spacial score (nSPS) is 13.1. The minimum absolute atomic E-state index is 0.0324. The van der Waals surface area contributed by atoms with Gasteiger partial charge >= 0.3 is 0 Å². The van der Waals surface area contributed by atoms with Crippen LogP contribution in [0.3, 0.4) is 0 Å². The molecule has 0 aliphatic carbocycles. The van der Waals surface area contributed by atoms with E-state index in [1.807, 2.05) is 0 Å². The van der Waals surface area contributed by atoms with Crippen molar-refractivity contribution in [2.24, 2.45) is 0 Å². The van der Waals surface area contributed by atoms with E-state index in [4.69, 9.17) is 8.84 Å². The van der Waals surface area contributed by atoms with Crippen LogP contribution in [0.2, 0.25) is 18.1 Å². The Kier molecular flexibility index (Phi) is 9.02. The van der Waals surface area contributed by atoms with Crippen molar-refractivity contribution < 1.29 is 13.8 Å². The van der Waals surface area contributed by atoms with Crippen LogP contribution in [0, 0.1) is 10.1 Å². The van der Waals surface area contributed by atoms with Gasteiger partial charge in [-0.2, -0.15) is 0 Å². The number of hydrogen-bond donors (Lipinski definition) is 0. The number of non-ortho nitro benzene ring substituents is 1. The zero-order valence-corrected chi connectivity index (χ0v) is 22.6. The van der Waals surface area contributed by atoms with Gasteiger partial charge < -0.3 is 8.84 Å². The molecule has 1 unspecified atom stereocenters. The average molecular weight is 495 g/mol. The summed E-state index contributed by atoms with van der Waals surface area (Å²) in [6.07, 6.45) is 7.88. The zero-order valence-electron chi connectivity index (χ0n) is 21.6. The maximum absolute atomic E-state index is 11.2. The van der Waals surface area contributed by atoms with Gasteiger partial charge in [0.15, 0.2) is 14.1 Å². The van der Waals surface area contributed by atoms with Crippen LogP contribution in [0.25, 0.3) is 11.3 Å². The van der Waals surface area contributed by atoms with Gasteiger partial charge in [0.2, 0.25) is 5.89 Å². The fourth-order valence-electron chi connectivity index (χ4n) is 3.76. The van der Waals surface area contributed by atoms with Crippen molar-refractivity contribution in [1.82, 2.24) is 4.98 Å². The van der Waals surface area contributed by atoms with Crippen molar-refractivity contribution in [2.75, 3.05) is 0 Å². The van der Waals surface area contributed by atoms with Crippen LogP contribution in [0.1, 0.15) is 70.4 Å². The lowest BCUT2D eigenvalue weighted by molar-refractivity contribution is -0.384. The van der Waals surface area contributed by atoms with Gasteiger partial charge in [0.1, 0.15) is 6.10 Å². The van der Waals surface area contributed by atoms with Crippen LogP contribution in [0.15, 0.2) is 65.2 Å². The molecule has 6 nitrogen and oxygen atoms in total. The van der Waals surface area contributed by atoms with E-state index in [0.717, 1.165) is 25.7 Å². The average Bonchev–Trinajstić information content (AvgIpc) is 3.31. The van der Waals surface area contributed by atoms with Crippen molar-refractivity contribution >= 4 is 14.0 Å². The Labute approximate surface area is 210 Å². The molecule has 0 aliphatic rings. The fourth-order valence-corrected chi connectivity index (χ4v) is 5.05. The molecular formula is C28H38N2O4Si. The van der Waals surface area contributed by atoms with Crippen molar-refractivity contribution in [1.29, 1.82) is 0 Å². The topological polar surface area (TPSA) is 78.4 Å². The SMILES string of the molecule is CC(C)(C)[Si](C)(C)OC(CCCCCCc1ccccc1)c1ncc(-c2cccc([N+](=O)[O-])c2)o1. The molecule has 3 rings (SSSR count). The third-order valence-electron chi connectivity index (χ3n) is 6.91. The molecule has 0 aliphatic heterocycles. The number of nitrogens with zero attached hydrogens (tertiary/aromatic N) is 2. The summed E-state index contributed by atoms with van der Waals surface area (Å²) in [6.45, 7) is 11.2. The van der Waals surface area contributed by atoms with E-state index < -0.39 is 13.2 Å². The van der Waals surface area contributed by atoms with E-state index in [1.54, 1.807) is 18.3 Å². The Hall–Kier alpha value is -2.77. The lowest BCUT2D eigenvalue weighted by atomic mass is 10.0. The van der Waals surface area contributed by atoms with Crippen LogP contribution in [-0.2, 0) is 10.8 Å². The van der Waals surface area contributed by atoms with Crippen LogP contribution in [0.5, 0.6) is 0 Å². The van der Waals surface area contributed by atoms with Gasteiger partial charge in [-0.1, -0.05) is 82.5 Å². The largest absolute Gasteiger partial charge is 0.438 e. The third-order valence-corrected chi connectivity index (χ3v) is 11.4. The molecule has 0 saturated heterocycles. The molecule has 1 aromatic heterocycles. The third kappa shape index (κ3) is 7.60. The number of benzene rings is 2. The predicted molar refractivity (Wildman–Crippen MR) is 143 cm³/mol. The quantitative estimate of drug-likeness (QED) is 0.109. The van der Waals surface area contributed by atoms with Crippen LogP contribution >= 0.6 is 0 Å². The summed E-state index contributed by atoms with van der Waals surface area (Å²) in [4.78, 5) is 15.3. The Morgan fingerprint density at radius 3 is 2.43 bits per heavy atom. The second-order valence-electron chi connectivity index (χ2n) is 10.7. The molecule has 0 amide bonds. The van der Waals surface area contributed by atoms with E-state index in [-0.39, 0.29) is 16.8 Å². The van der Waals surface area contributed by atoms with Gasteiger partial charge in [-0.15, -0.1) is 0 Å². The van der Waals surface area contributed by atoms with Gasteiger partial charge in [-0.05, 0) is 43.0 Å². The van der Waals surface area contributed by atoms with Crippen molar-refractivity contribution in [3.05, 3.63) is 82.4 Å². The lowest BCUT2D eigenvalue weighted by Gasteiger charge is -2.38. The molecule has 0 bridgehead atoms. The highest BCUT2D eigenvalue weighted by atomic mass is 28.4. The maximum Gasteiger partial charge on any atom is 0.270 e. The smallest absolute Gasteiger partial charge is 0.270 e. The molecule has 3 aromatic rings. The molecule has 0 N–H and O–H groups in total. The minimum Gasteiger partial charge on any atom is -0.438 e. The Morgan fingerprint density at radius 2 is 1.74 bits per heavy atom. The van der Waals surface area contributed by atoms with Crippen molar-refractivity contribution in [3.63, 3.8) is 0 Å². The minimum atomic E-state index is -2.05. The first kappa shape index (κ1) is 26.8. The first-order valence-corrected chi connectivity index (χ1v) is 15.4. The van der Waals surface area contributed by atoms with Crippen molar-refractivity contribution in [2.45, 2.75) is 83.5 Å². The van der Waals surface area contributed by atoms with Gasteiger partial charge in [0, 0.05) is 17.7 Å². The molecule has 2 aromatic carbocycles. The molecule has 0 saturated carbocycles. The number of oxazole rings is 1.